The third kappa shape index (κ3) is 10.2. The zero-order valence-corrected chi connectivity index (χ0v) is 10.8. The van der Waals surface area contributed by atoms with Gasteiger partial charge in [-0.1, -0.05) is 13.8 Å². The van der Waals surface area contributed by atoms with Gasteiger partial charge < -0.3 is 10.1 Å². The highest BCUT2D eigenvalue weighted by Crippen LogP contribution is 1.97. The van der Waals surface area contributed by atoms with Gasteiger partial charge in [-0.25, -0.2) is 8.42 Å². The summed E-state index contributed by atoms with van der Waals surface area (Å²) < 4.78 is 27.8. The van der Waals surface area contributed by atoms with Gasteiger partial charge in [0.05, 0.1) is 11.5 Å². The largest absolute Gasteiger partial charge is 0.385 e. The second-order valence-corrected chi connectivity index (χ2v) is 6.26. The zero-order valence-electron chi connectivity index (χ0n) is 9.95. The highest BCUT2D eigenvalue weighted by Gasteiger charge is 2.09. The highest BCUT2D eigenvalue weighted by atomic mass is 32.2. The summed E-state index contributed by atoms with van der Waals surface area (Å²) in [5.74, 6) is 0.513. The molecule has 1 N–H and O–H groups in total. The maximum absolute atomic E-state index is 11.5. The molecule has 0 aromatic carbocycles. The SMILES string of the molecule is COCCCS(=O)(=O)CCCNC(C)C. The Balaban J connectivity index is 3.56. The van der Waals surface area contributed by atoms with E-state index in [4.69, 9.17) is 4.74 Å². The van der Waals surface area contributed by atoms with Crippen LogP contribution in [0.5, 0.6) is 0 Å². The summed E-state index contributed by atoms with van der Waals surface area (Å²) in [6, 6.07) is 0.418. The molecule has 15 heavy (non-hydrogen) atoms. The Hall–Kier alpha value is -0.130. The van der Waals surface area contributed by atoms with Crippen LogP contribution < -0.4 is 5.32 Å². The molecule has 0 aromatic rings. The molecule has 0 aliphatic carbocycles. The lowest BCUT2D eigenvalue weighted by Crippen LogP contribution is -2.25. The number of sulfone groups is 1. The van der Waals surface area contributed by atoms with Crippen LogP contribution in [0.2, 0.25) is 0 Å². The van der Waals surface area contributed by atoms with E-state index >= 15 is 0 Å². The van der Waals surface area contributed by atoms with Crippen molar-refractivity contribution < 1.29 is 13.2 Å². The third-order valence-corrected chi connectivity index (χ3v) is 3.81. The molecule has 0 aliphatic rings. The van der Waals surface area contributed by atoms with E-state index in [1.165, 1.54) is 0 Å². The van der Waals surface area contributed by atoms with Crippen molar-refractivity contribution >= 4 is 9.84 Å². The van der Waals surface area contributed by atoms with Crippen LogP contribution in [0.4, 0.5) is 0 Å². The van der Waals surface area contributed by atoms with Crippen molar-refractivity contribution in [2.75, 3.05) is 31.8 Å². The number of rotatable bonds is 9. The number of hydrogen-bond donors (Lipinski definition) is 1. The Morgan fingerprint density at radius 1 is 1.20 bits per heavy atom. The quantitative estimate of drug-likeness (QED) is 0.603. The zero-order chi connectivity index (χ0) is 11.7. The monoisotopic (exact) mass is 237 g/mol. The van der Waals surface area contributed by atoms with Crippen LogP contribution in [0, 0.1) is 0 Å². The van der Waals surface area contributed by atoms with Crippen molar-refractivity contribution in [2.45, 2.75) is 32.7 Å². The fraction of sp³-hybridized carbons (Fsp3) is 1.00. The smallest absolute Gasteiger partial charge is 0.150 e. The lowest BCUT2D eigenvalue weighted by molar-refractivity contribution is 0.199. The molecule has 4 nitrogen and oxygen atoms in total. The first-order valence-electron chi connectivity index (χ1n) is 5.40. The van der Waals surface area contributed by atoms with E-state index in [1.807, 2.05) is 13.8 Å². The minimum Gasteiger partial charge on any atom is -0.385 e. The molecule has 0 radical (unpaired) electrons. The van der Waals surface area contributed by atoms with Crippen LogP contribution in [0.1, 0.15) is 26.7 Å². The molecule has 0 fully saturated rings. The Bertz CT molecular complexity index is 237. The lowest BCUT2D eigenvalue weighted by atomic mass is 10.4. The molecule has 0 aliphatic heterocycles. The van der Waals surface area contributed by atoms with Gasteiger partial charge in [0.15, 0.2) is 0 Å². The summed E-state index contributed by atoms with van der Waals surface area (Å²) in [5, 5.41) is 3.20. The average Bonchev–Trinajstić information content (AvgIpc) is 2.13. The first-order valence-corrected chi connectivity index (χ1v) is 7.23. The van der Waals surface area contributed by atoms with E-state index in [9.17, 15) is 8.42 Å². The molecule has 0 atom stereocenters. The second kappa shape index (κ2) is 8.07. The Morgan fingerprint density at radius 2 is 1.80 bits per heavy atom. The van der Waals surface area contributed by atoms with Crippen molar-refractivity contribution in [1.29, 1.82) is 0 Å². The maximum Gasteiger partial charge on any atom is 0.150 e. The molecular formula is C10H23NO3S. The van der Waals surface area contributed by atoms with Crippen LogP contribution in [-0.4, -0.2) is 46.2 Å². The molecule has 0 saturated heterocycles. The van der Waals surface area contributed by atoms with Crippen molar-refractivity contribution in [3.05, 3.63) is 0 Å². The van der Waals surface area contributed by atoms with Gasteiger partial charge in [-0.2, -0.15) is 0 Å². The Morgan fingerprint density at radius 3 is 2.33 bits per heavy atom. The van der Waals surface area contributed by atoms with Crippen molar-refractivity contribution in [3.8, 4) is 0 Å². The van der Waals surface area contributed by atoms with Gasteiger partial charge >= 0.3 is 0 Å². The number of nitrogens with one attached hydrogen (secondary N) is 1. The van der Waals surface area contributed by atoms with Crippen LogP contribution >= 0.6 is 0 Å². The molecule has 0 rings (SSSR count). The van der Waals surface area contributed by atoms with Gasteiger partial charge in [-0.3, -0.25) is 0 Å². The minimum absolute atomic E-state index is 0.239. The van der Waals surface area contributed by atoms with Gasteiger partial charge in [0, 0.05) is 19.8 Å². The summed E-state index contributed by atoms with van der Waals surface area (Å²) in [6.45, 7) is 5.38. The number of hydrogen-bond acceptors (Lipinski definition) is 4. The molecule has 0 spiro atoms. The normalized spacial score (nSPS) is 12.3. The van der Waals surface area contributed by atoms with Crippen LogP contribution in [0.25, 0.3) is 0 Å². The summed E-state index contributed by atoms with van der Waals surface area (Å²) in [6.07, 6.45) is 1.28. The maximum atomic E-state index is 11.5. The standard InChI is InChI=1S/C10H23NO3S/c1-10(2)11-6-4-8-15(12,13)9-5-7-14-3/h10-11H,4-9H2,1-3H3. The average molecular weight is 237 g/mol. The summed E-state index contributed by atoms with van der Waals surface area (Å²) in [5.41, 5.74) is 0. The predicted octanol–water partition coefficient (Wildman–Crippen LogP) is 0.826. The lowest BCUT2D eigenvalue weighted by Gasteiger charge is -2.08. The number of ether oxygens (including phenoxy) is 1. The Kier molecular flexibility index (Phi) is 8.00. The minimum atomic E-state index is -2.87. The van der Waals surface area contributed by atoms with Gasteiger partial charge in [0.2, 0.25) is 0 Å². The van der Waals surface area contributed by atoms with Crippen LogP contribution in [0.3, 0.4) is 0 Å². The fourth-order valence-electron chi connectivity index (χ4n) is 1.21. The Labute approximate surface area is 93.3 Å². The van der Waals surface area contributed by atoms with E-state index in [2.05, 4.69) is 5.32 Å². The van der Waals surface area contributed by atoms with Gasteiger partial charge in [-0.05, 0) is 19.4 Å². The molecule has 0 bridgehead atoms. The van der Waals surface area contributed by atoms with Crippen molar-refractivity contribution in [3.63, 3.8) is 0 Å². The van der Waals surface area contributed by atoms with E-state index in [0.29, 0.717) is 25.5 Å². The van der Waals surface area contributed by atoms with Gasteiger partial charge in [0.25, 0.3) is 0 Å². The molecule has 0 unspecified atom stereocenters. The summed E-state index contributed by atoms with van der Waals surface area (Å²) in [4.78, 5) is 0. The van der Waals surface area contributed by atoms with Gasteiger partial charge in [-0.15, -0.1) is 0 Å². The fourth-order valence-corrected chi connectivity index (χ4v) is 2.55. The molecule has 92 valence electrons. The topological polar surface area (TPSA) is 55.4 Å². The van der Waals surface area contributed by atoms with E-state index in [-0.39, 0.29) is 11.5 Å². The molecule has 5 heteroatoms. The van der Waals surface area contributed by atoms with Crippen molar-refractivity contribution in [1.82, 2.24) is 5.32 Å². The second-order valence-electron chi connectivity index (χ2n) is 3.96. The van der Waals surface area contributed by atoms with Crippen molar-refractivity contribution in [2.24, 2.45) is 0 Å². The third-order valence-electron chi connectivity index (χ3n) is 1.99. The first kappa shape index (κ1) is 14.9. The number of methoxy groups -OCH3 is 1. The van der Waals surface area contributed by atoms with E-state index in [0.717, 1.165) is 6.54 Å². The summed E-state index contributed by atoms with van der Waals surface area (Å²) >= 11 is 0. The first-order chi connectivity index (χ1) is 6.98. The predicted molar refractivity (Wildman–Crippen MR) is 62.9 cm³/mol. The van der Waals surface area contributed by atoms with Gasteiger partial charge in [0.1, 0.15) is 9.84 Å². The van der Waals surface area contributed by atoms with E-state index < -0.39 is 9.84 Å². The van der Waals surface area contributed by atoms with Crippen LogP contribution in [-0.2, 0) is 14.6 Å². The van der Waals surface area contributed by atoms with Crippen LogP contribution in [0.15, 0.2) is 0 Å². The highest BCUT2D eigenvalue weighted by molar-refractivity contribution is 7.91. The molecule has 0 saturated carbocycles. The molecular weight excluding hydrogens is 214 g/mol. The van der Waals surface area contributed by atoms with E-state index in [1.54, 1.807) is 7.11 Å². The molecule has 0 heterocycles. The molecule has 0 aromatic heterocycles. The molecule has 0 amide bonds. The summed E-state index contributed by atoms with van der Waals surface area (Å²) in [7, 11) is -1.29.